The standard InChI is InChI=1S/C27H34F2N8O.ClH/c1-18(2)25-19(5-4-6-34-7-9-35(10-8-34)22-12-20(28)11-21(29)13-22)15-31-37(25)24-14-23(32-26(30)33-24)36-16-27(3,38)17-36;/h4-5,11-15,18,38H,6-10,16-17H2,1-3H3,(H2,30,32,33);1H. The highest BCUT2D eigenvalue weighted by molar-refractivity contribution is 5.85. The number of halogens is 3. The summed E-state index contributed by atoms with van der Waals surface area (Å²) in [4.78, 5) is 15.1. The van der Waals surface area contributed by atoms with E-state index in [1.807, 2.05) is 22.1 Å². The maximum absolute atomic E-state index is 13.6. The minimum Gasteiger partial charge on any atom is -0.386 e. The van der Waals surface area contributed by atoms with E-state index in [-0.39, 0.29) is 24.3 Å². The molecule has 9 nitrogen and oxygen atoms in total. The Morgan fingerprint density at radius 3 is 2.26 bits per heavy atom. The normalized spacial score (nSPS) is 17.5. The summed E-state index contributed by atoms with van der Waals surface area (Å²) in [6, 6.07) is 5.51. The molecule has 0 spiro atoms. The van der Waals surface area contributed by atoms with Gasteiger partial charge in [-0.3, -0.25) is 4.90 Å². The number of aromatic nitrogens is 4. The lowest BCUT2D eigenvalue weighted by Gasteiger charge is -2.44. The number of piperazine rings is 1. The zero-order valence-corrected chi connectivity index (χ0v) is 23.2. The first-order chi connectivity index (χ1) is 18.1. The number of hydrogen-bond donors (Lipinski definition) is 2. The monoisotopic (exact) mass is 560 g/mol. The molecule has 4 heterocycles. The maximum Gasteiger partial charge on any atom is 0.224 e. The first-order valence-corrected chi connectivity index (χ1v) is 12.9. The van der Waals surface area contributed by atoms with Crippen LogP contribution >= 0.6 is 12.4 Å². The quantitative estimate of drug-likeness (QED) is 0.453. The fraction of sp³-hybridized carbons (Fsp3) is 0.444. The van der Waals surface area contributed by atoms with Crippen molar-refractivity contribution in [2.45, 2.75) is 32.3 Å². The van der Waals surface area contributed by atoms with Crippen LogP contribution in [0.2, 0.25) is 0 Å². The smallest absolute Gasteiger partial charge is 0.224 e. The Morgan fingerprint density at radius 2 is 1.64 bits per heavy atom. The molecular formula is C27H35ClF2N8O. The van der Waals surface area contributed by atoms with Gasteiger partial charge in [0, 0.05) is 69.2 Å². The van der Waals surface area contributed by atoms with Gasteiger partial charge in [-0.1, -0.05) is 26.0 Å². The molecule has 0 atom stereocenters. The molecule has 0 saturated carbocycles. The van der Waals surface area contributed by atoms with Gasteiger partial charge in [0.05, 0.1) is 17.5 Å². The van der Waals surface area contributed by atoms with Gasteiger partial charge in [-0.25, -0.2) is 13.5 Å². The molecule has 210 valence electrons. The van der Waals surface area contributed by atoms with Gasteiger partial charge in [0.15, 0.2) is 5.82 Å². The molecule has 5 rings (SSSR count). The molecule has 0 radical (unpaired) electrons. The van der Waals surface area contributed by atoms with E-state index in [0.29, 0.717) is 43.5 Å². The van der Waals surface area contributed by atoms with Gasteiger partial charge in [0.25, 0.3) is 0 Å². The van der Waals surface area contributed by atoms with Crippen LogP contribution in [-0.2, 0) is 0 Å². The highest BCUT2D eigenvalue weighted by atomic mass is 35.5. The molecule has 1 aromatic carbocycles. The Kier molecular flexibility index (Phi) is 8.43. The molecule has 0 unspecified atom stereocenters. The van der Waals surface area contributed by atoms with Crippen molar-refractivity contribution in [3.05, 3.63) is 59.4 Å². The van der Waals surface area contributed by atoms with E-state index >= 15 is 0 Å². The fourth-order valence-corrected chi connectivity index (χ4v) is 5.15. The maximum atomic E-state index is 13.6. The molecule has 0 aliphatic carbocycles. The second-order valence-corrected chi connectivity index (χ2v) is 10.7. The molecule has 2 aliphatic heterocycles. The van der Waals surface area contributed by atoms with Gasteiger partial charge in [-0.05, 0) is 25.0 Å². The van der Waals surface area contributed by atoms with E-state index < -0.39 is 17.2 Å². The summed E-state index contributed by atoms with van der Waals surface area (Å²) in [6.45, 7) is 10.7. The molecule has 0 amide bonds. The molecule has 2 fully saturated rings. The van der Waals surface area contributed by atoms with Crippen molar-refractivity contribution in [2.24, 2.45) is 0 Å². The van der Waals surface area contributed by atoms with Crippen molar-refractivity contribution in [1.82, 2.24) is 24.6 Å². The van der Waals surface area contributed by atoms with E-state index in [2.05, 4.69) is 46.0 Å². The SMILES string of the molecule is CC(C)c1c(C=CCN2CCN(c3cc(F)cc(F)c3)CC2)cnn1-c1cc(N2CC(C)(O)C2)nc(N)n1.Cl. The Balaban J connectivity index is 0.00000353. The van der Waals surface area contributed by atoms with Crippen molar-refractivity contribution < 1.29 is 13.9 Å². The topological polar surface area (TPSA) is 99.6 Å². The molecule has 3 N–H and O–H groups in total. The zero-order valence-electron chi connectivity index (χ0n) is 22.4. The molecule has 2 saturated heterocycles. The fourth-order valence-electron chi connectivity index (χ4n) is 5.15. The first kappa shape index (κ1) is 28.7. The number of aliphatic hydroxyl groups is 1. The Labute approximate surface area is 233 Å². The Hall–Kier alpha value is -3.28. The lowest BCUT2D eigenvalue weighted by Crippen LogP contribution is -2.60. The minimum absolute atomic E-state index is 0. The van der Waals surface area contributed by atoms with Crippen molar-refractivity contribution in [1.29, 1.82) is 0 Å². The Bertz CT molecular complexity index is 1310. The molecular weight excluding hydrogens is 526 g/mol. The number of nitrogen functional groups attached to an aromatic ring is 1. The van der Waals surface area contributed by atoms with E-state index in [1.165, 1.54) is 12.1 Å². The lowest BCUT2D eigenvalue weighted by molar-refractivity contribution is 0.0305. The van der Waals surface area contributed by atoms with Crippen LogP contribution in [0, 0.1) is 11.6 Å². The van der Waals surface area contributed by atoms with Crippen molar-refractivity contribution >= 4 is 35.9 Å². The second-order valence-electron chi connectivity index (χ2n) is 10.7. The predicted molar refractivity (Wildman–Crippen MR) is 152 cm³/mol. The summed E-state index contributed by atoms with van der Waals surface area (Å²) in [6.07, 6.45) is 6.02. The van der Waals surface area contributed by atoms with E-state index in [0.717, 1.165) is 37.0 Å². The molecule has 39 heavy (non-hydrogen) atoms. The van der Waals surface area contributed by atoms with Gasteiger partial charge in [-0.15, -0.1) is 12.4 Å². The van der Waals surface area contributed by atoms with Crippen LogP contribution < -0.4 is 15.5 Å². The highest BCUT2D eigenvalue weighted by Gasteiger charge is 2.37. The van der Waals surface area contributed by atoms with Gasteiger partial charge in [-0.2, -0.15) is 15.1 Å². The third-order valence-corrected chi connectivity index (χ3v) is 6.95. The van der Waals surface area contributed by atoms with Crippen LogP contribution in [-0.4, -0.2) is 81.2 Å². The number of rotatable bonds is 7. The molecule has 2 aliphatic rings. The summed E-state index contributed by atoms with van der Waals surface area (Å²) >= 11 is 0. The summed E-state index contributed by atoms with van der Waals surface area (Å²) in [7, 11) is 0. The van der Waals surface area contributed by atoms with Crippen LogP contribution in [0.1, 0.15) is 37.9 Å². The van der Waals surface area contributed by atoms with Crippen LogP contribution in [0.4, 0.5) is 26.2 Å². The van der Waals surface area contributed by atoms with E-state index in [4.69, 9.17) is 5.73 Å². The lowest BCUT2D eigenvalue weighted by atomic mass is 9.97. The van der Waals surface area contributed by atoms with Gasteiger partial charge in [0.1, 0.15) is 17.5 Å². The summed E-state index contributed by atoms with van der Waals surface area (Å²) in [5.41, 5.74) is 7.90. The average Bonchev–Trinajstić information content (AvgIpc) is 3.26. The second kappa shape index (κ2) is 11.4. The number of hydrogen-bond acceptors (Lipinski definition) is 8. The van der Waals surface area contributed by atoms with Crippen LogP contribution in [0.15, 0.2) is 36.5 Å². The number of nitrogens with two attached hydrogens (primary N) is 1. The van der Waals surface area contributed by atoms with Crippen molar-refractivity contribution in [3.8, 4) is 5.82 Å². The third kappa shape index (κ3) is 6.48. The first-order valence-electron chi connectivity index (χ1n) is 12.9. The summed E-state index contributed by atoms with van der Waals surface area (Å²) < 4.78 is 29.0. The summed E-state index contributed by atoms with van der Waals surface area (Å²) in [5, 5.41) is 14.7. The van der Waals surface area contributed by atoms with Crippen molar-refractivity contribution in [2.75, 3.05) is 61.3 Å². The minimum atomic E-state index is -0.726. The number of anilines is 3. The summed E-state index contributed by atoms with van der Waals surface area (Å²) in [5.74, 6) is 0.486. The highest BCUT2D eigenvalue weighted by Crippen LogP contribution is 2.29. The van der Waals surface area contributed by atoms with Gasteiger partial charge in [0.2, 0.25) is 5.95 Å². The largest absolute Gasteiger partial charge is 0.386 e. The number of benzene rings is 1. The van der Waals surface area contributed by atoms with Crippen LogP contribution in [0.25, 0.3) is 11.9 Å². The predicted octanol–water partition coefficient (Wildman–Crippen LogP) is 3.47. The molecule has 0 bridgehead atoms. The molecule has 3 aromatic rings. The van der Waals surface area contributed by atoms with E-state index in [9.17, 15) is 13.9 Å². The zero-order chi connectivity index (χ0) is 27.0. The third-order valence-electron chi connectivity index (χ3n) is 6.95. The molecule has 2 aromatic heterocycles. The molecule has 12 heteroatoms. The Morgan fingerprint density at radius 1 is 1.00 bits per heavy atom. The van der Waals surface area contributed by atoms with Gasteiger partial charge >= 0.3 is 0 Å². The number of β-amino-alcohol motifs (C(OH)–C–C–N with tert-alkyl or cyclic N) is 1. The van der Waals surface area contributed by atoms with E-state index in [1.54, 1.807) is 11.6 Å². The van der Waals surface area contributed by atoms with Crippen molar-refractivity contribution in [3.63, 3.8) is 0 Å². The van der Waals surface area contributed by atoms with Gasteiger partial charge < -0.3 is 20.6 Å². The number of nitrogens with zero attached hydrogens (tertiary/aromatic N) is 7. The average molecular weight is 561 g/mol. The van der Waals surface area contributed by atoms with Crippen LogP contribution in [0.3, 0.4) is 0 Å². The van der Waals surface area contributed by atoms with Crippen LogP contribution in [0.5, 0.6) is 0 Å².